The molecule has 7 heteroatoms. The molecule has 1 aliphatic rings. The van der Waals surface area contributed by atoms with Crippen molar-refractivity contribution < 1.29 is 8.78 Å². The summed E-state index contributed by atoms with van der Waals surface area (Å²) in [5.41, 5.74) is 0.109. The SMILES string of the molecule is CCC1CCCN1c1cc(-c2cc(F)c(C#N)c(F)c2)nc(NC)n1. The first-order valence-corrected chi connectivity index (χ1v) is 8.30. The topological polar surface area (TPSA) is 64.8 Å². The van der Waals surface area contributed by atoms with E-state index in [4.69, 9.17) is 5.26 Å². The Labute approximate surface area is 145 Å². The maximum absolute atomic E-state index is 14.0. The quantitative estimate of drug-likeness (QED) is 0.917. The summed E-state index contributed by atoms with van der Waals surface area (Å²) >= 11 is 0. The van der Waals surface area contributed by atoms with E-state index >= 15 is 0 Å². The molecule has 1 aromatic carbocycles. The summed E-state index contributed by atoms with van der Waals surface area (Å²) in [4.78, 5) is 11.0. The van der Waals surface area contributed by atoms with Gasteiger partial charge in [0.05, 0.1) is 5.69 Å². The molecular formula is C18H19F2N5. The molecule has 1 atom stereocenters. The molecule has 3 rings (SSSR count). The highest BCUT2D eigenvalue weighted by atomic mass is 19.1. The largest absolute Gasteiger partial charge is 0.357 e. The van der Waals surface area contributed by atoms with Gasteiger partial charge in [-0.1, -0.05) is 6.92 Å². The summed E-state index contributed by atoms with van der Waals surface area (Å²) in [6.45, 7) is 3.03. The van der Waals surface area contributed by atoms with Crippen LogP contribution < -0.4 is 10.2 Å². The van der Waals surface area contributed by atoms with Gasteiger partial charge in [-0.3, -0.25) is 0 Å². The van der Waals surface area contributed by atoms with Crippen molar-refractivity contribution in [3.8, 4) is 17.3 Å². The van der Waals surface area contributed by atoms with Crippen LogP contribution in [0.15, 0.2) is 18.2 Å². The second-order valence-electron chi connectivity index (χ2n) is 6.01. The van der Waals surface area contributed by atoms with E-state index in [0.717, 1.165) is 43.8 Å². The molecule has 0 amide bonds. The number of nitrogens with one attached hydrogen (secondary N) is 1. The lowest BCUT2D eigenvalue weighted by molar-refractivity contribution is 0.577. The van der Waals surface area contributed by atoms with Crippen LogP contribution in [0.4, 0.5) is 20.5 Å². The summed E-state index contributed by atoms with van der Waals surface area (Å²) in [6.07, 6.45) is 3.20. The Balaban J connectivity index is 2.08. The Morgan fingerprint density at radius 1 is 1.28 bits per heavy atom. The zero-order valence-corrected chi connectivity index (χ0v) is 14.2. The average molecular weight is 343 g/mol. The van der Waals surface area contributed by atoms with E-state index in [1.807, 2.05) is 0 Å². The van der Waals surface area contributed by atoms with E-state index in [9.17, 15) is 8.78 Å². The van der Waals surface area contributed by atoms with Crippen LogP contribution in [0.3, 0.4) is 0 Å². The van der Waals surface area contributed by atoms with Crippen LogP contribution in [-0.4, -0.2) is 29.6 Å². The first kappa shape index (κ1) is 17.1. The summed E-state index contributed by atoms with van der Waals surface area (Å²) < 4.78 is 27.9. The lowest BCUT2D eigenvalue weighted by atomic mass is 10.1. The molecule has 0 spiro atoms. The van der Waals surface area contributed by atoms with Gasteiger partial charge in [0.2, 0.25) is 5.95 Å². The molecule has 1 N–H and O–H groups in total. The molecular weight excluding hydrogens is 324 g/mol. The van der Waals surface area contributed by atoms with E-state index in [1.165, 1.54) is 6.07 Å². The highest BCUT2D eigenvalue weighted by Crippen LogP contribution is 2.30. The van der Waals surface area contributed by atoms with Crippen LogP contribution in [0.1, 0.15) is 31.7 Å². The van der Waals surface area contributed by atoms with E-state index < -0.39 is 17.2 Å². The fraction of sp³-hybridized carbons (Fsp3) is 0.389. The van der Waals surface area contributed by atoms with Crippen molar-refractivity contribution in [1.29, 1.82) is 5.26 Å². The van der Waals surface area contributed by atoms with Crippen LogP contribution in [-0.2, 0) is 0 Å². The number of hydrogen-bond acceptors (Lipinski definition) is 5. The molecule has 0 saturated carbocycles. The van der Waals surface area contributed by atoms with Gasteiger partial charge in [0.1, 0.15) is 29.1 Å². The van der Waals surface area contributed by atoms with Crippen LogP contribution in [0.5, 0.6) is 0 Å². The Bertz CT molecular complexity index is 808. The van der Waals surface area contributed by atoms with Gasteiger partial charge in [0.25, 0.3) is 0 Å². The molecule has 0 radical (unpaired) electrons. The van der Waals surface area contributed by atoms with Crippen LogP contribution >= 0.6 is 0 Å². The van der Waals surface area contributed by atoms with E-state index in [1.54, 1.807) is 13.1 Å². The maximum Gasteiger partial charge on any atom is 0.224 e. The zero-order valence-electron chi connectivity index (χ0n) is 14.2. The molecule has 1 aromatic heterocycles. The molecule has 1 saturated heterocycles. The van der Waals surface area contributed by atoms with Crippen molar-refractivity contribution in [3.05, 3.63) is 35.4 Å². The highest BCUT2D eigenvalue weighted by molar-refractivity contribution is 5.66. The molecule has 5 nitrogen and oxygen atoms in total. The Morgan fingerprint density at radius 2 is 2.00 bits per heavy atom. The monoisotopic (exact) mass is 343 g/mol. The summed E-state index contributed by atoms with van der Waals surface area (Å²) in [5.74, 6) is -0.657. The van der Waals surface area contributed by atoms with Gasteiger partial charge < -0.3 is 10.2 Å². The van der Waals surface area contributed by atoms with Crippen molar-refractivity contribution in [3.63, 3.8) is 0 Å². The second kappa shape index (κ2) is 7.01. The molecule has 0 aliphatic carbocycles. The smallest absolute Gasteiger partial charge is 0.224 e. The third kappa shape index (κ3) is 3.25. The van der Waals surface area contributed by atoms with Gasteiger partial charge in [0, 0.05) is 31.3 Å². The van der Waals surface area contributed by atoms with Crippen LogP contribution in [0.25, 0.3) is 11.3 Å². The predicted octanol–water partition coefficient (Wildman–Crippen LogP) is 3.71. The third-order valence-electron chi connectivity index (χ3n) is 4.53. The molecule has 2 heterocycles. The normalized spacial score (nSPS) is 16.8. The number of benzene rings is 1. The van der Waals surface area contributed by atoms with E-state index in [0.29, 0.717) is 17.7 Å². The maximum atomic E-state index is 14.0. The first-order chi connectivity index (χ1) is 12.1. The van der Waals surface area contributed by atoms with Crippen molar-refractivity contribution >= 4 is 11.8 Å². The summed E-state index contributed by atoms with van der Waals surface area (Å²) in [6, 6.07) is 5.95. The van der Waals surface area contributed by atoms with Gasteiger partial charge in [-0.25, -0.2) is 13.8 Å². The van der Waals surface area contributed by atoms with Gasteiger partial charge >= 0.3 is 0 Å². The minimum absolute atomic E-state index is 0.279. The fourth-order valence-corrected chi connectivity index (χ4v) is 3.23. The van der Waals surface area contributed by atoms with Gasteiger partial charge in [0.15, 0.2) is 0 Å². The molecule has 1 aliphatic heterocycles. The minimum Gasteiger partial charge on any atom is -0.357 e. The van der Waals surface area contributed by atoms with Crippen LogP contribution in [0, 0.1) is 23.0 Å². The van der Waals surface area contributed by atoms with Crippen molar-refractivity contribution in [2.24, 2.45) is 0 Å². The van der Waals surface area contributed by atoms with Crippen molar-refractivity contribution in [1.82, 2.24) is 9.97 Å². The average Bonchev–Trinajstić information content (AvgIpc) is 3.09. The fourth-order valence-electron chi connectivity index (χ4n) is 3.23. The third-order valence-corrected chi connectivity index (χ3v) is 4.53. The lowest BCUT2D eigenvalue weighted by Crippen LogP contribution is -2.29. The Kier molecular flexibility index (Phi) is 4.79. The number of nitrogens with zero attached hydrogens (tertiary/aromatic N) is 4. The summed E-state index contributed by atoms with van der Waals surface area (Å²) in [7, 11) is 1.70. The highest BCUT2D eigenvalue weighted by Gasteiger charge is 2.25. The standard InChI is InChI=1S/C18H19F2N5/c1-3-12-5-4-6-25(12)17-9-16(23-18(22-2)24-17)11-7-14(19)13(10-21)15(20)8-11/h7-9,12H,3-6H2,1-2H3,(H,22,23,24). The Morgan fingerprint density at radius 3 is 2.60 bits per heavy atom. The number of nitriles is 1. The van der Waals surface area contributed by atoms with Crippen molar-refractivity contribution in [2.45, 2.75) is 32.2 Å². The molecule has 1 unspecified atom stereocenters. The first-order valence-electron chi connectivity index (χ1n) is 8.30. The Hall–Kier alpha value is -2.75. The van der Waals surface area contributed by atoms with E-state index in [2.05, 4.69) is 27.1 Å². The van der Waals surface area contributed by atoms with E-state index in [-0.39, 0.29) is 5.56 Å². The van der Waals surface area contributed by atoms with Crippen molar-refractivity contribution in [2.75, 3.05) is 23.8 Å². The van der Waals surface area contributed by atoms with Crippen LogP contribution in [0.2, 0.25) is 0 Å². The molecule has 130 valence electrons. The number of halogens is 2. The molecule has 2 aromatic rings. The van der Waals surface area contributed by atoms with Gasteiger partial charge in [-0.05, 0) is 31.4 Å². The number of hydrogen-bond donors (Lipinski definition) is 1. The second-order valence-corrected chi connectivity index (χ2v) is 6.01. The predicted molar refractivity (Wildman–Crippen MR) is 92.3 cm³/mol. The lowest BCUT2D eigenvalue weighted by Gasteiger charge is -2.25. The molecule has 1 fully saturated rings. The zero-order chi connectivity index (χ0) is 18.0. The molecule has 0 bridgehead atoms. The van der Waals surface area contributed by atoms with Gasteiger partial charge in [-0.15, -0.1) is 0 Å². The summed E-state index contributed by atoms with van der Waals surface area (Å²) in [5, 5.41) is 11.7. The number of aromatic nitrogens is 2. The molecule has 25 heavy (non-hydrogen) atoms. The minimum atomic E-state index is -0.892. The van der Waals surface area contributed by atoms with Gasteiger partial charge in [-0.2, -0.15) is 10.2 Å². The number of anilines is 2. The number of rotatable bonds is 4.